The zero-order chi connectivity index (χ0) is 13.7. The zero-order valence-electron chi connectivity index (χ0n) is 10.6. The minimum absolute atomic E-state index is 0.00334. The number of benzene rings is 1. The molecule has 1 N–H and O–H groups in total. The van der Waals surface area contributed by atoms with E-state index in [0.717, 1.165) is 24.4 Å². The normalized spacial score (nSPS) is 10.6. The van der Waals surface area contributed by atoms with E-state index in [0.29, 0.717) is 5.16 Å². The fourth-order valence-corrected chi connectivity index (χ4v) is 2.43. The van der Waals surface area contributed by atoms with Gasteiger partial charge in [0.25, 0.3) is 0 Å². The molecule has 0 amide bonds. The molecule has 1 heterocycles. The first-order valence-electron chi connectivity index (χ1n) is 6.05. The molecule has 0 saturated carbocycles. The molecule has 0 fully saturated rings. The lowest BCUT2D eigenvalue weighted by Gasteiger charge is -2.07. The molecule has 1 aromatic carbocycles. The zero-order valence-corrected chi connectivity index (χ0v) is 11.4. The summed E-state index contributed by atoms with van der Waals surface area (Å²) in [5.74, 6) is -0.0657. The molecule has 5 nitrogen and oxygen atoms in total. The topological polar surface area (TPSA) is 68.0 Å². The van der Waals surface area contributed by atoms with Crippen molar-refractivity contribution in [2.45, 2.75) is 25.0 Å². The van der Waals surface area contributed by atoms with Crippen LogP contribution in [0.1, 0.15) is 13.3 Å². The van der Waals surface area contributed by atoms with Crippen molar-refractivity contribution in [2.24, 2.45) is 0 Å². The average molecular weight is 277 g/mol. The number of carboxylic acid groups (broad SMARTS) is 1. The van der Waals surface area contributed by atoms with Crippen molar-refractivity contribution in [3.63, 3.8) is 0 Å². The molecule has 2 aromatic rings. The fourth-order valence-electron chi connectivity index (χ4n) is 1.75. The second kappa shape index (κ2) is 6.38. The van der Waals surface area contributed by atoms with Crippen molar-refractivity contribution in [1.29, 1.82) is 0 Å². The van der Waals surface area contributed by atoms with Gasteiger partial charge in [-0.05, 0) is 6.42 Å². The second-order valence-corrected chi connectivity index (χ2v) is 4.95. The second-order valence-electron chi connectivity index (χ2n) is 4.01. The van der Waals surface area contributed by atoms with Gasteiger partial charge in [0.2, 0.25) is 0 Å². The van der Waals surface area contributed by atoms with E-state index in [1.165, 1.54) is 11.8 Å². The minimum atomic E-state index is -0.850. The van der Waals surface area contributed by atoms with Crippen LogP contribution in [-0.2, 0) is 11.3 Å². The van der Waals surface area contributed by atoms with E-state index in [4.69, 9.17) is 5.11 Å². The highest BCUT2D eigenvalue weighted by atomic mass is 32.2. The number of carboxylic acids is 1. The van der Waals surface area contributed by atoms with E-state index in [2.05, 4.69) is 17.1 Å². The van der Waals surface area contributed by atoms with Gasteiger partial charge in [-0.1, -0.05) is 49.0 Å². The SMILES string of the molecule is CCCn1c(SCC(=O)O)nnc1-c1ccccc1. The average Bonchev–Trinajstić information content (AvgIpc) is 2.81. The summed E-state index contributed by atoms with van der Waals surface area (Å²) in [5.41, 5.74) is 0.991. The lowest BCUT2D eigenvalue weighted by molar-refractivity contribution is -0.133. The van der Waals surface area contributed by atoms with E-state index < -0.39 is 5.97 Å². The highest BCUT2D eigenvalue weighted by molar-refractivity contribution is 7.99. The molecule has 19 heavy (non-hydrogen) atoms. The Morgan fingerprint density at radius 3 is 2.68 bits per heavy atom. The standard InChI is InChI=1S/C13H15N3O2S/c1-2-8-16-12(10-6-4-3-5-7-10)14-15-13(16)19-9-11(17)18/h3-7H,2,8-9H2,1H3,(H,17,18). The number of hydrogen-bond acceptors (Lipinski definition) is 4. The van der Waals surface area contributed by atoms with E-state index >= 15 is 0 Å². The molecule has 0 aliphatic carbocycles. The summed E-state index contributed by atoms with van der Waals surface area (Å²) >= 11 is 1.20. The summed E-state index contributed by atoms with van der Waals surface area (Å²) in [5, 5.41) is 17.7. The quantitative estimate of drug-likeness (QED) is 0.822. The summed E-state index contributed by atoms with van der Waals surface area (Å²) in [6.45, 7) is 2.85. The molecular formula is C13H15N3O2S. The van der Waals surface area contributed by atoms with Gasteiger partial charge in [-0.3, -0.25) is 4.79 Å². The molecule has 100 valence electrons. The van der Waals surface area contributed by atoms with Crippen LogP contribution in [0.4, 0.5) is 0 Å². The summed E-state index contributed by atoms with van der Waals surface area (Å²) in [4.78, 5) is 10.6. The highest BCUT2D eigenvalue weighted by Crippen LogP contribution is 2.24. The van der Waals surface area contributed by atoms with Gasteiger partial charge in [0, 0.05) is 12.1 Å². The van der Waals surface area contributed by atoms with Crippen molar-refractivity contribution in [3.05, 3.63) is 30.3 Å². The van der Waals surface area contributed by atoms with Crippen molar-refractivity contribution in [2.75, 3.05) is 5.75 Å². The Bertz CT molecular complexity index is 554. The third-order valence-corrected chi connectivity index (χ3v) is 3.47. The molecule has 0 saturated heterocycles. The van der Waals surface area contributed by atoms with Gasteiger partial charge in [-0.25, -0.2) is 0 Å². The van der Waals surface area contributed by atoms with Crippen LogP contribution in [0.15, 0.2) is 35.5 Å². The van der Waals surface area contributed by atoms with Crippen molar-refractivity contribution >= 4 is 17.7 Å². The molecular weight excluding hydrogens is 262 g/mol. The molecule has 0 aliphatic rings. The Morgan fingerprint density at radius 2 is 2.05 bits per heavy atom. The van der Waals surface area contributed by atoms with Crippen LogP contribution in [0.5, 0.6) is 0 Å². The minimum Gasteiger partial charge on any atom is -0.481 e. The van der Waals surface area contributed by atoms with Gasteiger partial charge in [-0.2, -0.15) is 0 Å². The maximum atomic E-state index is 10.6. The van der Waals surface area contributed by atoms with Gasteiger partial charge in [0.1, 0.15) is 0 Å². The number of aliphatic carboxylic acids is 1. The molecule has 0 unspecified atom stereocenters. The van der Waals surface area contributed by atoms with Gasteiger partial charge in [0.15, 0.2) is 11.0 Å². The third-order valence-electron chi connectivity index (χ3n) is 2.52. The van der Waals surface area contributed by atoms with Crippen LogP contribution in [0.25, 0.3) is 11.4 Å². The summed E-state index contributed by atoms with van der Waals surface area (Å²) in [6, 6.07) is 9.79. The van der Waals surface area contributed by atoms with E-state index in [9.17, 15) is 4.79 Å². The largest absolute Gasteiger partial charge is 0.481 e. The highest BCUT2D eigenvalue weighted by Gasteiger charge is 2.14. The van der Waals surface area contributed by atoms with Crippen LogP contribution in [0.3, 0.4) is 0 Å². The molecule has 0 aliphatic heterocycles. The molecule has 6 heteroatoms. The third kappa shape index (κ3) is 3.35. The number of thioether (sulfide) groups is 1. The molecule has 0 bridgehead atoms. The van der Waals surface area contributed by atoms with Gasteiger partial charge in [0.05, 0.1) is 5.75 Å². The van der Waals surface area contributed by atoms with Crippen LogP contribution in [0, 0.1) is 0 Å². The predicted octanol–water partition coefficient (Wildman–Crippen LogP) is 2.53. The van der Waals surface area contributed by atoms with Crippen LogP contribution in [-0.4, -0.2) is 31.6 Å². The van der Waals surface area contributed by atoms with E-state index in [1.807, 2.05) is 34.9 Å². The first-order valence-corrected chi connectivity index (χ1v) is 7.04. The molecule has 2 rings (SSSR count). The maximum Gasteiger partial charge on any atom is 0.313 e. The summed E-state index contributed by atoms with van der Waals surface area (Å²) in [6.07, 6.45) is 0.943. The monoisotopic (exact) mass is 277 g/mol. The Kier molecular flexibility index (Phi) is 4.57. The first-order chi connectivity index (χ1) is 9.22. The van der Waals surface area contributed by atoms with Crippen molar-refractivity contribution in [1.82, 2.24) is 14.8 Å². The lowest BCUT2D eigenvalue weighted by Crippen LogP contribution is -2.04. The number of aromatic nitrogens is 3. The van der Waals surface area contributed by atoms with Gasteiger partial charge in [-0.15, -0.1) is 10.2 Å². The first kappa shape index (κ1) is 13.6. The molecule has 0 spiro atoms. The maximum absolute atomic E-state index is 10.6. The van der Waals surface area contributed by atoms with Gasteiger partial charge >= 0.3 is 5.97 Å². The Morgan fingerprint density at radius 1 is 1.32 bits per heavy atom. The number of rotatable bonds is 6. The van der Waals surface area contributed by atoms with E-state index in [-0.39, 0.29) is 5.75 Å². The molecule has 1 aromatic heterocycles. The van der Waals surface area contributed by atoms with E-state index in [1.54, 1.807) is 0 Å². The number of carbonyl (C=O) groups is 1. The molecule has 0 atom stereocenters. The van der Waals surface area contributed by atoms with Crippen molar-refractivity contribution in [3.8, 4) is 11.4 Å². The number of nitrogens with zero attached hydrogens (tertiary/aromatic N) is 3. The summed E-state index contributed by atoms with van der Waals surface area (Å²) in [7, 11) is 0. The Hall–Kier alpha value is -1.82. The van der Waals surface area contributed by atoms with Gasteiger partial charge < -0.3 is 9.67 Å². The van der Waals surface area contributed by atoms with Crippen LogP contribution >= 0.6 is 11.8 Å². The fraction of sp³-hybridized carbons (Fsp3) is 0.308. The smallest absolute Gasteiger partial charge is 0.313 e. The van der Waals surface area contributed by atoms with Crippen LogP contribution in [0.2, 0.25) is 0 Å². The molecule has 0 radical (unpaired) electrons. The lowest BCUT2D eigenvalue weighted by atomic mass is 10.2. The number of hydrogen-bond donors (Lipinski definition) is 1. The summed E-state index contributed by atoms with van der Waals surface area (Å²) < 4.78 is 1.98. The van der Waals surface area contributed by atoms with Crippen molar-refractivity contribution < 1.29 is 9.90 Å². The predicted molar refractivity (Wildman–Crippen MR) is 74.1 cm³/mol. The Balaban J connectivity index is 2.31. The van der Waals surface area contributed by atoms with Crippen LogP contribution < -0.4 is 0 Å². The Labute approximate surface area is 115 Å².